The van der Waals surface area contributed by atoms with Crippen molar-refractivity contribution in [1.82, 2.24) is 22.4 Å². The topological polar surface area (TPSA) is 160 Å². The van der Waals surface area contributed by atoms with E-state index in [0.29, 0.717) is 26.4 Å². The van der Waals surface area contributed by atoms with Crippen molar-refractivity contribution in [3.63, 3.8) is 0 Å². The molecule has 0 radical (unpaired) electrons. The van der Waals surface area contributed by atoms with Gasteiger partial charge < -0.3 is 14.9 Å². The van der Waals surface area contributed by atoms with Crippen LogP contribution in [0.1, 0.15) is 6.42 Å². The maximum atomic E-state index is 9.43. The number of carboxylic acid groups (broad SMARTS) is 2. The molecule has 0 bridgehead atoms. The molecule has 1 rings (SSSR count). The van der Waals surface area contributed by atoms with Crippen molar-refractivity contribution in [2.24, 2.45) is 0 Å². The van der Waals surface area contributed by atoms with Gasteiger partial charge in [0.25, 0.3) is 0 Å². The van der Waals surface area contributed by atoms with E-state index in [1.807, 2.05) is 0 Å². The molecule has 0 aromatic rings. The van der Waals surface area contributed by atoms with Crippen LogP contribution in [0, 0.1) is 0 Å². The molecular formula is C7H16N4O8. The molecule has 0 amide bonds. The van der Waals surface area contributed by atoms with Gasteiger partial charge in [0.2, 0.25) is 0 Å². The zero-order valence-corrected chi connectivity index (χ0v) is 9.88. The van der Waals surface area contributed by atoms with Crippen LogP contribution < -0.4 is 22.4 Å². The lowest BCUT2D eigenvalue weighted by Gasteiger charge is -2.11. The van der Waals surface area contributed by atoms with Gasteiger partial charge in [-0.1, -0.05) is 11.2 Å². The second-order valence-corrected chi connectivity index (χ2v) is 2.78. The molecule has 1 fully saturated rings. The Hall–Kier alpha value is -1.38. The van der Waals surface area contributed by atoms with Gasteiger partial charge in [-0.2, -0.15) is 4.94 Å². The first-order valence-corrected chi connectivity index (χ1v) is 5.03. The highest BCUT2D eigenvalue weighted by Crippen LogP contribution is 1.77. The van der Waals surface area contributed by atoms with Gasteiger partial charge in [-0.3, -0.25) is 19.3 Å². The zero-order chi connectivity index (χ0) is 14.3. The maximum Gasteiger partial charge on any atom is 0.314 e. The predicted octanol–water partition coefficient (Wildman–Crippen LogP) is -2.54. The van der Waals surface area contributed by atoms with Crippen LogP contribution in [0.25, 0.3) is 0 Å². The monoisotopic (exact) mass is 284 g/mol. The van der Waals surface area contributed by atoms with Crippen molar-refractivity contribution in [2.45, 2.75) is 6.42 Å². The van der Waals surface area contributed by atoms with Gasteiger partial charge in [0, 0.05) is 0 Å². The standard InChI is InChI=1S/C4H12N4O4.C3H4O4/c1-3-10-5-7-12-8-6-11-4-2-9-1;4-2(5)1-3(6)7/h5-8H,1-4H2;1H2,(H,4,5)(H,6,7). The molecule has 0 aromatic heterocycles. The van der Waals surface area contributed by atoms with E-state index in [9.17, 15) is 9.59 Å². The SMILES string of the molecule is C1CONNONNOCCO1.O=C(O)CC(=O)O. The lowest BCUT2D eigenvalue weighted by atomic mass is 10.5. The summed E-state index contributed by atoms with van der Waals surface area (Å²) in [6.45, 7) is 1.82. The van der Waals surface area contributed by atoms with Gasteiger partial charge in [-0.25, -0.2) is 0 Å². The second kappa shape index (κ2) is 13.1. The first-order valence-electron chi connectivity index (χ1n) is 5.03. The summed E-state index contributed by atoms with van der Waals surface area (Å²) in [4.78, 5) is 32.9. The Balaban J connectivity index is 0.000000399. The third-order valence-electron chi connectivity index (χ3n) is 1.29. The highest BCUT2D eigenvalue weighted by atomic mass is 16.9. The Labute approximate surface area is 107 Å². The Morgan fingerprint density at radius 3 is 1.68 bits per heavy atom. The Bertz CT molecular complexity index is 198. The van der Waals surface area contributed by atoms with E-state index in [-0.39, 0.29) is 0 Å². The fraction of sp³-hybridized carbons (Fsp3) is 0.714. The second-order valence-electron chi connectivity index (χ2n) is 2.78. The maximum absolute atomic E-state index is 9.43. The molecule has 0 aromatic carbocycles. The van der Waals surface area contributed by atoms with Crippen molar-refractivity contribution in [3.8, 4) is 0 Å². The van der Waals surface area contributed by atoms with E-state index in [1.54, 1.807) is 0 Å². The fourth-order valence-electron chi connectivity index (χ4n) is 0.661. The van der Waals surface area contributed by atoms with Gasteiger partial charge >= 0.3 is 11.9 Å². The van der Waals surface area contributed by atoms with Crippen LogP contribution in [0.5, 0.6) is 0 Å². The quantitative estimate of drug-likeness (QED) is 0.295. The summed E-state index contributed by atoms with van der Waals surface area (Å²) < 4.78 is 5.08. The lowest BCUT2D eigenvalue weighted by molar-refractivity contribution is -0.206. The number of nitrogens with one attached hydrogen (secondary N) is 4. The zero-order valence-electron chi connectivity index (χ0n) is 9.88. The molecule has 1 heterocycles. The normalized spacial score (nSPS) is 18.1. The summed E-state index contributed by atoms with van der Waals surface area (Å²) in [5.41, 5.74) is 9.03. The molecule has 0 spiro atoms. The molecule has 12 nitrogen and oxygen atoms in total. The molecule has 1 saturated heterocycles. The van der Waals surface area contributed by atoms with Crippen LogP contribution in [-0.4, -0.2) is 48.6 Å². The van der Waals surface area contributed by atoms with E-state index in [2.05, 4.69) is 27.3 Å². The highest BCUT2D eigenvalue weighted by Gasteiger charge is 2.01. The molecule has 112 valence electrons. The molecular weight excluding hydrogens is 268 g/mol. The molecule has 12 heteroatoms. The molecule has 19 heavy (non-hydrogen) atoms. The van der Waals surface area contributed by atoms with Crippen LogP contribution in [-0.2, 0) is 28.9 Å². The van der Waals surface area contributed by atoms with Gasteiger partial charge in [-0.15, -0.1) is 11.2 Å². The lowest BCUT2D eigenvalue weighted by Crippen LogP contribution is -2.43. The van der Waals surface area contributed by atoms with E-state index >= 15 is 0 Å². The number of hydrogen-bond acceptors (Lipinski definition) is 10. The third-order valence-corrected chi connectivity index (χ3v) is 1.29. The van der Waals surface area contributed by atoms with Gasteiger partial charge in [-0.05, 0) is 0 Å². The van der Waals surface area contributed by atoms with Crippen LogP contribution in [0.2, 0.25) is 0 Å². The molecule has 0 aliphatic carbocycles. The first kappa shape index (κ1) is 17.6. The minimum atomic E-state index is -1.31. The number of carbonyl (C=O) groups is 2. The Kier molecular flexibility index (Phi) is 12.1. The van der Waals surface area contributed by atoms with E-state index in [1.165, 1.54) is 0 Å². The van der Waals surface area contributed by atoms with E-state index in [0.717, 1.165) is 0 Å². The molecule has 0 atom stereocenters. The molecule has 1 aliphatic heterocycles. The molecule has 0 saturated carbocycles. The van der Waals surface area contributed by atoms with Crippen molar-refractivity contribution in [3.05, 3.63) is 0 Å². The highest BCUT2D eigenvalue weighted by molar-refractivity contribution is 5.88. The Morgan fingerprint density at radius 2 is 1.32 bits per heavy atom. The smallest absolute Gasteiger partial charge is 0.314 e. The van der Waals surface area contributed by atoms with Crippen LogP contribution in [0.15, 0.2) is 0 Å². The van der Waals surface area contributed by atoms with E-state index in [4.69, 9.17) is 24.6 Å². The van der Waals surface area contributed by atoms with Crippen LogP contribution in [0.4, 0.5) is 0 Å². The number of ether oxygens (including phenoxy) is 1. The van der Waals surface area contributed by atoms with Crippen molar-refractivity contribution in [1.29, 1.82) is 0 Å². The summed E-state index contributed by atoms with van der Waals surface area (Å²) in [7, 11) is 0. The number of hydrazine groups is 2. The average molecular weight is 284 g/mol. The average Bonchev–Trinajstić information content (AvgIpc) is 2.28. The minimum Gasteiger partial charge on any atom is -0.481 e. The summed E-state index contributed by atoms with van der Waals surface area (Å²) in [6.07, 6.45) is -0.806. The fourth-order valence-corrected chi connectivity index (χ4v) is 0.661. The van der Waals surface area contributed by atoms with Crippen molar-refractivity contribution >= 4 is 11.9 Å². The van der Waals surface area contributed by atoms with Crippen LogP contribution >= 0.6 is 0 Å². The molecule has 6 N–H and O–H groups in total. The van der Waals surface area contributed by atoms with Gasteiger partial charge in [0.15, 0.2) is 0 Å². The summed E-state index contributed by atoms with van der Waals surface area (Å²) in [6, 6.07) is 0. The summed E-state index contributed by atoms with van der Waals surface area (Å²) in [5, 5.41) is 15.4. The largest absolute Gasteiger partial charge is 0.481 e. The van der Waals surface area contributed by atoms with Crippen LogP contribution in [0.3, 0.4) is 0 Å². The molecule has 0 unspecified atom stereocenters. The summed E-state index contributed by atoms with van der Waals surface area (Å²) in [5.74, 6) is -2.62. The number of carboxylic acids is 2. The predicted molar refractivity (Wildman–Crippen MR) is 56.2 cm³/mol. The third kappa shape index (κ3) is 16.6. The molecule has 1 aliphatic rings. The minimum absolute atomic E-state index is 0.420. The van der Waals surface area contributed by atoms with E-state index < -0.39 is 18.4 Å². The Morgan fingerprint density at radius 1 is 0.842 bits per heavy atom. The summed E-state index contributed by atoms with van der Waals surface area (Å²) >= 11 is 0. The first-order chi connectivity index (χ1) is 9.13. The van der Waals surface area contributed by atoms with Crippen molar-refractivity contribution in [2.75, 3.05) is 26.4 Å². The number of rotatable bonds is 2. The van der Waals surface area contributed by atoms with Crippen molar-refractivity contribution < 1.29 is 39.2 Å². The van der Waals surface area contributed by atoms with Gasteiger partial charge in [0.1, 0.15) is 6.42 Å². The number of aliphatic carboxylic acids is 2. The van der Waals surface area contributed by atoms with Gasteiger partial charge in [0.05, 0.1) is 26.4 Å². The number of hydrogen-bond donors (Lipinski definition) is 6.